The monoisotopic (exact) mass is 329 g/mol. The van der Waals surface area contributed by atoms with Crippen molar-refractivity contribution in [3.05, 3.63) is 53.9 Å². The molecule has 1 aliphatic heterocycles. The van der Waals surface area contributed by atoms with Gasteiger partial charge in [0.25, 0.3) is 0 Å². The zero-order valence-electron chi connectivity index (χ0n) is 12.7. The SMILES string of the molecule is COc1cc(F)c(C2CC(=O)N2c2ccc3nc[nH]c3c2)c(F)c1. The maximum atomic E-state index is 14.3. The number of rotatable bonds is 3. The number of β-lactam (4-membered cyclic amide) rings is 1. The summed E-state index contributed by atoms with van der Waals surface area (Å²) in [5.74, 6) is -1.53. The molecule has 1 N–H and O–H groups in total. The molecule has 1 saturated heterocycles. The van der Waals surface area contributed by atoms with Crippen LogP contribution in [0, 0.1) is 11.6 Å². The first-order chi connectivity index (χ1) is 11.6. The van der Waals surface area contributed by atoms with Gasteiger partial charge in [0.1, 0.15) is 17.4 Å². The Morgan fingerprint density at radius 3 is 2.67 bits per heavy atom. The van der Waals surface area contributed by atoms with Gasteiger partial charge < -0.3 is 14.6 Å². The highest BCUT2D eigenvalue weighted by Crippen LogP contribution is 2.42. The highest BCUT2D eigenvalue weighted by atomic mass is 19.1. The van der Waals surface area contributed by atoms with Crippen LogP contribution in [0.2, 0.25) is 0 Å². The van der Waals surface area contributed by atoms with E-state index in [2.05, 4.69) is 9.97 Å². The molecule has 1 fully saturated rings. The number of fused-ring (bicyclic) bond motifs is 1. The lowest BCUT2D eigenvalue weighted by atomic mass is 9.92. The third kappa shape index (κ3) is 2.12. The van der Waals surface area contributed by atoms with Crippen molar-refractivity contribution in [1.29, 1.82) is 0 Å². The predicted octanol–water partition coefficient (Wildman–Crippen LogP) is 3.33. The number of imidazole rings is 1. The Morgan fingerprint density at radius 1 is 1.25 bits per heavy atom. The van der Waals surface area contributed by atoms with E-state index < -0.39 is 17.7 Å². The fourth-order valence-corrected chi connectivity index (χ4v) is 3.04. The minimum absolute atomic E-state index is 0.0567. The number of benzene rings is 2. The average molecular weight is 329 g/mol. The summed E-state index contributed by atoms with van der Waals surface area (Å²) in [4.78, 5) is 20.5. The van der Waals surface area contributed by atoms with Crippen molar-refractivity contribution in [3.63, 3.8) is 0 Å². The molecule has 0 bridgehead atoms. The van der Waals surface area contributed by atoms with Gasteiger partial charge in [-0.25, -0.2) is 13.8 Å². The molecule has 0 spiro atoms. The van der Waals surface area contributed by atoms with E-state index in [9.17, 15) is 13.6 Å². The zero-order valence-corrected chi connectivity index (χ0v) is 12.7. The van der Waals surface area contributed by atoms with Gasteiger partial charge in [0.2, 0.25) is 5.91 Å². The standard InChI is InChI=1S/C17H13F2N3O2/c1-24-10-5-11(18)17(12(19)6-10)15-7-16(23)22(15)9-2-3-13-14(4-9)21-8-20-13/h2-6,8,15H,7H2,1H3,(H,20,21). The number of carbonyl (C=O) groups is 1. The first kappa shape index (κ1) is 14.6. The molecule has 0 aliphatic carbocycles. The largest absolute Gasteiger partial charge is 0.497 e. The van der Waals surface area contributed by atoms with Crippen molar-refractivity contribution in [2.45, 2.75) is 12.5 Å². The summed E-state index contributed by atoms with van der Waals surface area (Å²) in [6.07, 6.45) is 1.61. The molecule has 1 aromatic heterocycles. The minimum atomic E-state index is -0.725. The highest BCUT2D eigenvalue weighted by Gasteiger charge is 2.41. The fraction of sp³-hybridized carbons (Fsp3) is 0.176. The van der Waals surface area contributed by atoms with E-state index in [1.54, 1.807) is 24.5 Å². The molecule has 7 heteroatoms. The highest BCUT2D eigenvalue weighted by molar-refractivity contribution is 6.02. The Kier molecular flexibility index (Phi) is 3.23. The number of nitrogens with zero attached hydrogens (tertiary/aromatic N) is 2. The molecular weight excluding hydrogens is 316 g/mol. The molecule has 2 heterocycles. The van der Waals surface area contributed by atoms with Crippen LogP contribution >= 0.6 is 0 Å². The van der Waals surface area contributed by atoms with Gasteiger partial charge in [-0.3, -0.25) is 4.79 Å². The number of hydrogen-bond acceptors (Lipinski definition) is 3. The van der Waals surface area contributed by atoms with Crippen LogP contribution in [0.4, 0.5) is 14.5 Å². The van der Waals surface area contributed by atoms with Gasteiger partial charge >= 0.3 is 0 Å². The number of aromatic amines is 1. The Labute approximate surface area is 135 Å². The Bertz CT molecular complexity index is 931. The summed E-state index contributed by atoms with van der Waals surface area (Å²) in [6, 6.07) is 6.78. The van der Waals surface area contributed by atoms with Crippen molar-refractivity contribution < 1.29 is 18.3 Å². The molecule has 1 amide bonds. The van der Waals surface area contributed by atoms with Crippen LogP contribution < -0.4 is 9.64 Å². The average Bonchev–Trinajstić information content (AvgIpc) is 3.00. The normalized spacial score (nSPS) is 17.2. The second kappa shape index (κ2) is 5.30. The second-order valence-electron chi connectivity index (χ2n) is 5.59. The van der Waals surface area contributed by atoms with Crippen molar-refractivity contribution in [2.75, 3.05) is 12.0 Å². The fourth-order valence-electron chi connectivity index (χ4n) is 3.04. The predicted molar refractivity (Wildman–Crippen MR) is 83.8 cm³/mol. The van der Waals surface area contributed by atoms with Gasteiger partial charge in [0, 0.05) is 23.4 Å². The van der Waals surface area contributed by atoms with Crippen LogP contribution in [0.15, 0.2) is 36.7 Å². The first-order valence-corrected chi connectivity index (χ1v) is 7.36. The Morgan fingerprint density at radius 2 is 2.00 bits per heavy atom. The van der Waals surface area contributed by atoms with Crippen molar-refractivity contribution in [1.82, 2.24) is 9.97 Å². The van der Waals surface area contributed by atoms with E-state index in [1.165, 1.54) is 12.0 Å². The van der Waals surface area contributed by atoms with Crippen LogP contribution in [0.1, 0.15) is 18.0 Å². The smallest absolute Gasteiger partial charge is 0.230 e. The minimum Gasteiger partial charge on any atom is -0.497 e. The maximum absolute atomic E-state index is 14.3. The number of aromatic nitrogens is 2. The third-order valence-corrected chi connectivity index (χ3v) is 4.25. The molecule has 4 rings (SSSR count). The molecule has 24 heavy (non-hydrogen) atoms. The van der Waals surface area contributed by atoms with E-state index in [4.69, 9.17) is 4.74 Å². The van der Waals surface area contributed by atoms with E-state index in [0.717, 1.165) is 23.2 Å². The lowest BCUT2D eigenvalue weighted by Gasteiger charge is -2.41. The Hall–Kier alpha value is -2.96. The molecule has 5 nitrogen and oxygen atoms in total. The molecule has 1 aliphatic rings. The van der Waals surface area contributed by atoms with Gasteiger partial charge in [-0.1, -0.05) is 0 Å². The van der Waals surface area contributed by atoms with Crippen LogP contribution in [0.5, 0.6) is 5.75 Å². The quantitative estimate of drug-likeness (QED) is 0.750. The zero-order chi connectivity index (χ0) is 16.8. The molecule has 3 aromatic rings. The summed E-state index contributed by atoms with van der Waals surface area (Å²) in [5.41, 5.74) is 1.95. The van der Waals surface area contributed by atoms with Gasteiger partial charge in [-0.2, -0.15) is 0 Å². The Balaban J connectivity index is 1.75. The lowest BCUT2D eigenvalue weighted by molar-refractivity contribution is -0.124. The molecule has 1 unspecified atom stereocenters. The van der Waals surface area contributed by atoms with Gasteiger partial charge in [0.05, 0.1) is 36.9 Å². The number of methoxy groups -OCH3 is 1. The molecule has 0 radical (unpaired) electrons. The van der Waals surface area contributed by atoms with Gasteiger partial charge in [-0.15, -0.1) is 0 Å². The summed E-state index contributed by atoms with van der Waals surface area (Å²) in [6.45, 7) is 0. The molecule has 1 atom stereocenters. The lowest BCUT2D eigenvalue weighted by Crippen LogP contribution is -2.47. The first-order valence-electron chi connectivity index (χ1n) is 7.36. The number of nitrogens with one attached hydrogen (secondary N) is 1. The number of carbonyl (C=O) groups excluding carboxylic acids is 1. The molecule has 0 saturated carbocycles. The van der Waals surface area contributed by atoms with Crippen LogP contribution in [-0.4, -0.2) is 23.0 Å². The van der Waals surface area contributed by atoms with E-state index in [1.807, 2.05) is 0 Å². The third-order valence-electron chi connectivity index (χ3n) is 4.25. The van der Waals surface area contributed by atoms with Crippen LogP contribution in [-0.2, 0) is 4.79 Å². The number of hydrogen-bond donors (Lipinski definition) is 1. The molecule has 122 valence electrons. The number of H-pyrrole nitrogens is 1. The van der Waals surface area contributed by atoms with Crippen LogP contribution in [0.3, 0.4) is 0 Å². The summed E-state index contributed by atoms with van der Waals surface area (Å²) in [5, 5.41) is 0. The summed E-state index contributed by atoms with van der Waals surface area (Å²) < 4.78 is 33.5. The number of amides is 1. The van der Waals surface area contributed by atoms with Crippen molar-refractivity contribution >= 4 is 22.6 Å². The number of anilines is 1. The maximum Gasteiger partial charge on any atom is 0.230 e. The van der Waals surface area contributed by atoms with E-state index >= 15 is 0 Å². The number of halogens is 2. The molecular formula is C17H13F2N3O2. The van der Waals surface area contributed by atoms with Crippen molar-refractivity contribution in [2.24, 2.45) is 0 Å². The second-order valence-corrected chi connectivity index (χ2v) is 5.59. The number of ether oxygens (including phenoxy) is 1. The van der Waals surface area contributed by atoms with Crippen LogP contribution in [0.25, 0.3) is 11.0 Å². The summed E-state index contributed by atoms with van der Waals surface area (Å²) in [7, 11) is 1.34. The van der Waals surface area contributed by atoms with Gasteiger partial charge in [0.15, 0.2) is 0 Å². The van der Waals surface area contributed by atoms with E-state index in [-0.39, 0.29) is 23.6 Å². The topological polar surface area (TPSA) is 58.2 Å². The van der Waals surface area contributed by atoms with Crippen molar-refractivity contribution in [3.8, 4) is 5.75 Å². The van der Waals surface area contributed by atoms with E-state index in [0.29, 0.717) is 5.69 Å². The van der Waals surface area contributed by atoms with Gasteiger partial charge in [-0.05, 0) is 18.2 Å². The summed E-state index contributed by atoms with van der Waals surface area (Å²) >= 11 is 0. The molecule has 2 aromatic carbocycles.